The summed E-state index contributed by atoms with van der Waals surface area (Å²) in [6.45, 7) is 7.51. The Morgan fingerprint density at radius 1 is 1.25 bits per heavy atom. The zero-order valence-corrected chi connectivity index (χ0v) is 17.7. The summed E-state index contributed by atoms with van der Waals surface area (Å²) in [5.41, 5.74) is 1.47. The van der Waals surface area contributed by atoms with Gasteiger partial charge in [-0.1, -0.05) is 37.3 Å². The number of piperidine rings is 1. The maximum atomic E-state index is 4.46. The molecule has 1 heterocycles. The van der Waals surface area contributed by atoms with Gasteiger partial charge in [-0.2, -0.15) is 0 Å². The molecule has 0 atom stereocenters. The standard InChI is InChI=1S/C19H32N4.HI/c1-4-22(3)15-12-21-19(20-2)23-13-10-18(11-14-23)16-17-8-6-5-7-9-17;/h5-9,18H,4,10-16H2,1-3H3,(H,20,21);1H. The zero-order chi connectivity index (χ0) is 16.5. The number of nitrogens with zero attached hydrogens (tertiary/aromatic N) is 3. The summed E-state index contributed by atoms with van der Waals surface area (Å²) in [6, 6.07) is 10.9. The smallest absolute Gasteiger partial charge is 0.193 e. The van der Waals surface area contributed by atoms with Crippen molar-refractivity contribution >= 4 is 29.9 Å². The van der Waals surface area contributed by atoms with Crippen LogP contribution in [0.15, 0.2) is 35.3 Å². The topological polar surface area (TPSA) is 30.9 Å². The fourth-order valence-electron chi connectivity index (χ4n) is 3.15. The molecule has 1 fully saturated rings. The molecular formula is C19H33IN4. The molecule has 1 aliphatic heterocycles. The van der Waals surface area contributed by atoms with Gasteiger partial charge in [0.2, 0.25) is 0 Å². The Morgan fingerprint density at radius 3 is 2.50 bits per heavy atom. The molecule has 1 aromatic carbocycles. The largest absolute Gasteiger partial charge is 0.355 e. The summed E-state index contributed by atoms with van der Waals surface area (Å²) in [5.74, 6) is 1.87. The Morgan fingerprint density at radius 2 is 1.92 bits per heavy atom. The quantitative estimate of drug-likeness (QED) is 0.416. The van der Waals surface area contributed by atoms with Crippen molar-refractivity contribution in [2.24, 2.45) is 10.9 Å². The molecule has 0 saturated carbocycles. The van der Waals surface area contributed by atoms with Gasteiger partial charge in [0.1, 0.15) is 0 Å². The molecule has 1 N–H and O–H groups in total. The van der Waals surface area contributed by atoms with Crippen molar-refractivity contribution in [1.29, 1.82) is 0 Å². The van der Waals surface area contributed by atoms with Gasteiger partial charge >= 0.3 is 0 Å². The van der Waals surface area contributed by atoms with E-state index in [1.165, 1.54) is 24.8 Å². The van der Waals surface area contributed by atoms with E-state index in [0.717, 1.165) is 44.6 Å². The SMILES string of the molecule is CCN(C)CCNC(=NC)N1CCC(Cc2ccccc2)CC1.I. The van der Waals surface area contributed by atoms with E-state index < -0.39 is 0 Å². The third kappa shape index (κ3) is 6.97. The summed E-state index contributed by atoms with van der Waals surface area (Å²) in [6.07, 6.45) is 3.72. The van der Waals surface area contributed by atoms with Crippen molar-refractivity contribution in [3.8, 4) is 0 Å². The van der Waals surface area contributed by atoms with E-state index in [4.69, 9.17) is 0 Å². The number of likely N-dealkylation sites (tertiary alicyclic amines) is 1. The van der Waals surface area contributed by atoms with Gasteiger partial charge in [0.25, 0.3) is 0 Å². The predicted molar refractivity (Wildman–Crippen MR) is 114 cm³/mol. The molecule has 0 radical (unpaired) electrons. The fourth-order valence-corrected chi connectivity index (χ4v) is 3.15. The molecule has 1 saturated heterocycles. The lowest BCUT2D eigenvalue weighted by Gasteiger charge is -2.34. The average molecular weight is 444 g/mol. The first-order valence-electron chi connectivity index (χ1n) is 8.91. The van der Waals surface area contributed by atoms with Crippen LogP contribution in [0.5, 0.6) is 0 Å². The van der Waals surface area contributed by atoms with Gasteiger partial charge in [0, 0.05) is 33.2 Å². The molecular weight excluding hydrogens is 411 g/mol. The predicted octanol–water partition coefficient (Wildman–Crippen LogP) is 3.09. The second-order valence-electron chi connectivity index (χ2n) is 6.49. The van der Waals surface area contributed by atoms with Crippen molar-refractivity contribution in [1.82, 2.24) is 15.1 Å². The van der Waals surface area contributed by atoms with Gasteiger partial charge in [0.15, 0.2) is 5.96 Å². The normalized spacial score (nSPS) is 16.2. The van der Waals surface area contributed by atoms with Gasteiger partial charge in [-0.15, -0.1) is 24.0 Å². The Hall–Kier alpha value is -0.820. The van der Waals surface area contributed by atoms with Crippen LogP contribution in [-0.2, 0) is 6.42 Å². The van der Waals surface area contributed by atoms with Crippen LogP contribution in [0.2, 0.25) is 0 Å². The Kier molecular flexibility index (Phi) is 10.3. The van der Waals surface area contributed by atoms with Crippen molar-refractivity contribution in [3.05, 3.63) is 35.9 Å². The van der Waals surface area contributed by atoms with E-state index in [0.29, 0.717) is 0 Å². The molecule has 1 aromatic rings. The number of likely N-dealkylation sites (N-methyl/N-ethyl adjacent to an activating group) is 1. The molecule has 4 nitrogen and oxygen atoms in total. The molecule has 24 heavy (non-hydrogen) atoms. The number of hydrogen-bond donors (Lipinski definition) is 1. The summed E-state index contributed by atoms with van der Waals surface area (Å²) < 4.78 is 0. The van der Waals surface area contributed by atoms with Gasteiger partial charge in [-0.25, -0.2) is 0 Å². The third-order valence-corrected chi connectivity index (χ3v) is 4.81. The van der Waals surface area contributed by atoms with Crippen LogP contribution in [0.1, 0.15) is 25.3 Å². The minimum absolute atomic E-state index is 0. The maximum absolute atomic E-state index is 4.46. The Balaban J connectivity index is 0.00000288. The first kappa shape index (κ1) is 21.2. The molecule has 136 valence electrons. The summed E-state index contributed by atoms with van der Waals surface area (Å²) in [4.78, 5) is 9.18. The van der Waals surface area contributed by atoms with Crippen LogP contribution in [0.25, 0.3) is 0 Å². The zero-order valence-electron chi connectivity index (χ0n) is 15.4. The van der Waals surface area contributed by atoms with Crippen molar-refractivity contribution in [2.45, 2.75) is 26.2 Å². The molecule has 2 rings (SSSR count). The molecule has 1 aliphatic rings. The summed E-state index contributed by atoms with van der Waals surface area (Å²) in [5, 5.41) is 3.50. The number of guanidine groups is 1. The average Bonchev–Trinajstić information content (AvgIpc) is 2.60. The van der Waals surface area contributed by atoms with Crippen LogP contribution >= 0.6 is 24.0 Å². The van der Waals surface area contributed by atoms with E-state index in [9.17, 15) is 0 Å². The third-order valence-electron chi connectivity index (χ3n) is 4.81. The molecule has 0 aromatic heterocycles. The van der Waals surface area contributed by atoms with Crippen molar-refractivity contribution in [2.75, 3.05) is 46.8 Å². The number of benzene rings is 1. The fraction of sp³-hybridized carbons (Fsp3) is 0.632. The van der Waals surface area contributed by atoms with E-state index in [1.54, 1.807) is 0 Å². The summed E-state index contributed by atoms with van der Waals surface area (Å²) in [7, 11) is 4.04. The lowest BCUT2D eigenvalue weighted by Crippen LogP contribution is -2.47. The van der Waals surface area contributed by atoms with E-state index in [2.05, 4.69) is 64.4 Å². The van der Waals surface area contributed by atoms with Gasteiger partial charge in [0.05, 0.1) is 0 Å². The van der Waals surface area contributed by atoms with Crippen molar-refractivity contribution < 1.29 is 0 Å². The second-order valence-corrected chi connectivity index (χ2v) is 6.49. The molecule has 0 bridgehead atoms. The van der Waals surface area contributed by atoms with Gasteiger partial charge < -0.3 is 15.1 Å². The van der Waals surface area contributed by atoms with E-state index >= 15 is 0 Å². The highest BCUT2D eigenvalue weighted by atomic mass is 127. The lowest BCUT2D eigenvalue weighted by molar-refractivity contribution is 0.257. The molecule has 0 unspecified atom stereocenters. The van der Waals surface area contributed by atoms with Crippen molar-refractivity contribution in [3.63, 3.8) is 0 Å². The van der Waals surface area contributed by atoms with Crippen LogP contribution < -0.4 is 5.32 Å². The van der Waals surface area contributed by atoms with Gasteiger partial charge in [-0.05, 0) is 44.3 Å². The number of halogens is 1. The maximum Gasteiger partial charge on any atom is 0.193 e. The number of hydrogen-bond acceptors (Lipinski definition) is 2. The van der Waals surface area contributed by atoms with E-state index in [1.807, 2.05) is 7.05 Å². The van der Waals surface area contributed by atoms with E-state index in [-0.39, 0.29) is 24.0 Å². The summed E-state index contributed by atoms with van der Waals surface area (Å²) >= 11 is 0. The first-order valence-corrected chi connectivity index (χ1v) is 8.91. The Labute approximate surface area is 164 Å². The number of rotatable bonds is 6. The minimum Gasteiger partial charge on any atom is -0.355 e. The Bertz CT molecular complexity index is 470. The van der Waals surface area contributed by atoms with Crippen LogP contribution in [0.3, 0.4) is 0 Å². The highest BCUT2D eigenvalue weighted by Crippen LogP contribution is 2.21. The van der Waals surface area contributed by atoms with Crippen LogP contribution in [-0.4, -0.2) is 62.6 Å². The number of aliphatic imine (C=N–C) groups is 1. The second kappa shape index (κ2) is 11.7. The monoisotopic (exact) mass is 444 g/mol. The highest BCUT2D eigenvalue weighted by molar-refractivity contribution is 14.0. The molecule has 0 aliphatic carbocycles. The minimum atomic E-state index is 0. The van der Waals surface area contributed by atoms with Crippen LogP contribution in [0.4, 0.5) is 0 Å². The number of nitrogens with one attached hydrogen (secondary N) is 1. The lowest BCUT2D eigenvalue weighted by atomic mass is 9.90. The van der Waals surface area contributed by atoms with Crippen LogP contribution in [0, 0.1) is 5.92 Å². The van der Waals surface area contributed by atoms with Gasteiger partial charge in [-0.3, -0.25) is 4.99 Å². The molecule has 0 spiro atoms. The molecule has 0 amide bonds. The molecule has 5 heteroatoms. The first-order chi connectivity index (χ1) is 11.2. The highest BCUT2D eigenvalue weighted by Gasteiger charge is 2.21.